The Labute approximate surface area is 114 Å². The predicted molar refractivity (Wildman–Crippen MR) is 71.3 cm³/mol. The van der Waals surface area contributed by atoms with Crippen LogP contribution < -0.4 is 5.32 Å². The van der Waals surface area contributed by atoms with Crippen LogP contribution in [0.25, 0.3) is 0 Å². The van der Waals surface area contributed by atoms with Crippen LogP contribution in [0.3, 0.4) is 0 Å². The average molecular weight is 267 g/mol. The van der Waals surface area contributed by atoms with E-state index in [0.29, 0.717) is 17.3 Å². The molecule has 0 saturated heterocycles. The van der Waals surface area contributed by atoms with Gasteiger partial charge in [-0.25, -0.2) is 0 Å². The first-order chi connectivity index (χ1) is 8.98. The average Bonchev–Trinajstić information content (AvgIpc) is 2.32. The lowest BCUT2D eigenvalue weighted by Crippen LogP contribution is -2.58. The molecule has 108 valence electrons. The van der Waals surface area contributed by atoms with Gasteiger partial charge in [0, 0.05) is 0 Å². The number of hydrogen-bond donors (Lipinski definition) is 3. The third kappa shape index (κ3) is 2.19. The summed E-state index contributed by atoms with van der Waals surface area (Å²) < 4.78 is 0. The van der Waals surface area contributed by atoms with Gasteiger partial charge in [0.25, 0.3) is 0 Å². The molecule has 0 aromatic carbocycles. The molecule has 0 aromatic heterocycles. The minimum Gasteiger partial charge on any atom is -0.394 e. The van der Waals surface area contributed by atoms with E-state index in [0.717, 1.165) is 19.3 Å². The van der Waals surface area contributed by atoms with Gasteiger partial charge in [-0.15, -0.1) is 0 Å². The smallest absolute Gasteiger partial charge is 0.226 e. The van der Waals surface area contributed by atoms with E-state index >= 15 is 0 Å². The number of amides is 1. The topological polar surface area (TPSA) is 69.6 Å². The lowest BCUT2D eigenvalue weighted by Gasteiger charge is -2.60. The van der Waals surface area contributed by atoms with Gasteiger partial charge in [0.05, 0.1) is 24.7 Å². The van der Waals surface area contributed by atoms with E-state index in [1.165, 1.54) is 19.3 Å². The number of carbonyl (C=O) groups is 1. The van der Waals surface area contributed by atoms with Crippen LogP contribution in [0, 0.1) is 22.7 Å². The van der Waals surface area contributed by atoms with Crippen molar-refractivity contribution in [2.45, 2.75) is 51.5 Å². The third-order valence-electron chi connectivity index (χ3n) is 5.61. The standard InChI is InChI=1S/C15H25NO3/c1-14-3-10-2-11(4-14)6-15(5-10,9-14)13(19)16-12(7-17)8-18/h10-12,17-18H,2-9H2,1H3,(H,16,19). The largest absolute Gasteiger partial charge is 0.394 e. The first-order valence-corrected chi connectivity index (χ1v) is 7.51. The molecule has 1 amide bonds. The second-order valence-electron chi connectivity index (χ2n) is 7.59. The van der Waals surface area contributed by atoms with Crippen LogP contribution in [-0.4, -0.2) is 35.4 Å². The normalized spacial score (nSPS) is 43.8. The van der Waals surface area contributed by atoms with E-state index in [-0.39, 0.29) is 24.5 Å². The lowest BCUT2D eigenvalue weighted by atomic mass is 9.44. The highest BCUT2D eigenvalue weighted by molar-refractivity contribution is 5.83. The van der Waals surface area contributed by atoms with Crippen LogP contribution in [0.1, 0.15) is 45.4 Å². The van der Waals surface area contributed by atoms with Crippen LogP contribution in [0.2, 0.25) is 0 Å². The molecule has 3 N–H and O–H groups in total. The minimum atomic E-state index is -0.506. The van der Waals surface area contributed by atoms with Crippen molar-refractivity contribution in [3.05, 3.63) is 0 Å². The molecule has 4 aliphatic rings. The van der Waals surface area contributed by atoms with Gasteiger partial charge in [-0.1, -0.05) is 6.92 Å². The molecule has 4 fully saturated rings. The summed E-state index contributed by atoms with van der Waals surface area (Å²) in [7, 11) is 0. The van der Waals surface area contributed by atoms with Crippen molar-refractivity contribution in [2.75, 3.05) is 13.2 Å². The lowest BCUT2D eigenvalue weighted by molar-refractivity contribution is -0.156. The number of aliphatic hydroxyl groups excluding tert-OH is 2. The van der Waals surface area contributed by atoms with Gasteiger partial charge < -0.3 is 15.5 Å². The molecule has 4 nitrogen and oxygen atoms in total. The maximum atomic E-state index is 12.6. The molecular formula is C15H25NO3. The zero-order valence-corrected chi connectivity index (χ0v) is 11.7. The Balaban J connectivity index is 1.78. The number of carbonyl (C=O) groups excluding carboxylic acids is 1. The zero-order chi connectivity index (χ0) is 13.7. The summed E-state index contributed by atoms with van der Waals surface area (Å²) >= 11 is 0. The predicted octanol–water partition coefficient (Wildman–Crippen LogP) is 1.06. The molecule has 2 atom stereocenters. The summed E-state index contributed by atoms with van der Waals surface area (Å²) in [4.78, 5) is 12.6. The van der Waals surface area contributed by atoms with Gasteiger partial charge in [-0.2, -0.15) is 0 Å². The molecule has 0 aliphatic heterocycles. The Hall–Kier alpha value is -0.610. The number of aliphatic hydroxyl groups is 2. The Kier molecular flexibility index (Phi) is 3.13. The highest BCUT2D eigenvalue weighted by atomic mass is 16.3. The summed E-state index contributed by atoms with van der Waals surface area (Å²) in [5, 5.41) is 21.1. The molecular weight excluding hydrogens is 242 g/mol. The van der Waals surface area contributed by atoms with Crippen molar-refractivity contribution in [1.29, 1.82) is 0 Å². The Morgan fingerprint density at radius 3 is 2.26 bits per heavy atom. The van der Waals surface area contributed by atoms with Crippen molar-refractivity contribution in [3.63, 3.8) is 0 Å². The second kappa shape index (κ2) is 4.45. The van der Waals surface area contributed by atoms with Crippen molar-refractivity contribution in [1.82, 2.24) is 5.32 Å². The Morgan fingerprint density at radius 2 is 1.79 bits per heavy atom. The fraction of sp³-hybridized carbons (Fsp3) is 0.933. The van der Waals surface area contributed by atoms with Crippen LogP contribution >= 0.6 is 0 Å². The quantitative estimate of drug-likeness (QED) is 0.713. The molecule has 0 spiro atoms. The SMILES string of the molecule is CC12CC3CC(C1)CC(C(=O)NC(CO)CO)(C3)C2. The zero-order valence-electron chi connectivity index (χ0n) is 11.7. The molecule has 4 bridgehead atoms. The molecule has 4 rings (SSSR count). The summed E-state index contributed by atoms with van der Waals surface area (Å²) in [6.45, 7) is 1.95. The summed E-state index contributed by atoms with van der Waals surface area (Å²) in [5.41, 5.74) is 0.122. The molecule has 4 saturated carbocycles. The highest BCUT2D eigenvalue weighted by Crippen LogP contribution is 2.65. The molecule has 4 heteroatoms. The van der Waals surface area contributed by atoms with Crippen molar-refractivity contribution in [2.24, 2.45) is 22.7 Å². The first-order valence-electron chi connectivity index (χ1n) is 7.51. The van der Waals surface area contributed by atoms with Gasteiger partial charge in [0.15, 0.2) is 0 Å². The van der Waals surface area contributed by atoms with Crippen LogP contribution in [0.5, 0.6) is 0 Å². The second-order valence-corrected chi connectivity index (χ2v) is 7.59. The van der Waals surface area contributed by atoms with Gasteiger partial charge in [0.1, 0.15) is 0 Å². The minimum absolute atomic E-state index is 0.0703. The maximum Gasteiger partial charge on any atom is 0.226 e. The molecule has 4 aliphatic carbocycles. The van der Waals surface area contributed by atoms with E-state index in [1.54, 1.807) is 0 Å². The third-order valence-corrected chi connectivity index (χ3v) is 5.61. The van der Waals surface area contributed by atoms with Crippen molar-refractivity contribution < 1.29 is 15.0 Å². The Bertz CT molecular complexity index is 364. The van der Waals surface area contributed by atoms with E-state index in [4.69, 9.17) is 10.2 Å². The summed E-state index contributed by atoms with van der Waals surface area (Å²) in [6.07, 6.45) is 6.86. The first kappa shape index (κ1) is 13.4. The number of nitrogens with one attached hydrogen (secondary N) is 1. The molecule has 2 unspecified atom stereocenters. The highest BCUT2D eigenvalue weighted by Gasteiger charge is 2.58. The fourth-order valence-electron chi connectivity index (χ4n) is 5.47. The molecule has 0 radical (unpaired) electrons. The van der Waals surface area contributed by atoms with Gasteiger partial charge in [-0.05, 0) is 55.8 Å². The number of rotatable bonds is 4. The summed E-state index contributed by atoms with van der Waals surface area (Å²) in [6, 6.07) is -0.506. The van der Waals surface area contributed by atoms with Crippen LogP contribution in [0.15, 0.2) is 0 Å². The fourth-order valence-corrected chi connectivity index (χ4v) is 5.47. The maximum absolute atomic E-state index is 12.6. The van der Waals surface area contributed by atoms with E-state index in [9.17, 15) is 4.79 Å². The Morgan fingerprint density at radius 1 is 1.21 bits per heavy atom. The number of hydrogen-bond acceptors (Lipinski definition) is 3. The van der Waals surface area contributed by atoms with Crippen molar-refractivity contribution in [3.8, 4) is 0 Å². The van der Waals surface area contributed by atoms with Crippen molar-refractivity contribution >= 4 is 5.91 Å². The molecule has 0 heterocycles. The van der Waals surface area contributed by atoms with Crippen LogP contribution in [-0.2, 0) is 4.79 Å². The summed E-state index contributed by atoms with van der Waals surface area (Å²) in [5.74, 6) is 1.48. The van der Waals surface area contributed by atoms with E-state index in [1.807, 2.05) is 0 Å². The van der Waals surface area contributed by atoms with E-state index < -0.39 is 6.04 Å². The van der Waals surface area contributed by atoms with Gasteiger partial charge in [-0.3, -0.25) is 4.79 Å². The van der Waals surface area contributed by atoms with Crippen LogP contribution in [0.4, 0.5) is 0 Å². The van der Waals surface area contributed by atoms with E-state index in [2.05, 4.69) is 12.2 Å². The van der Waals surface area contributed by atoms with Gasteiger partial charge >= 0.3 is 0 Å². The molecule has 0 aromatic rings. The van der Waals surface area contributed by atoms with Gasteiger partial charge in [0.2, 0.25) is 5.91 Å². The monoisotopic (exact) mass is 267 g/mol. The molecule has 19 heavy (non-hydrogen) atoms.